The molecule has 0 radical (unpaired) electrons. The molecule has 4 nitrogen and oxygen atoms in total. The van der Waals surface area contributed by atoms with Crippen molar-refractivity contribution in [3.05, 3.63) is 52.9 Å². The molecule has 3 rings (SSSR count). The Hall–Kier alpha value is -1.99. The SMILES string of the molecule is O=C1NC(=S)S/C1=C\c1cnn(-c2cccc(F)c2)c1. The summed E-state index contributed by atoms with van der Waals surface area (Å²) >= 11 is 6.12. The highest BCUT2D eigenvalue weighted by molar-refractivity contribution is 8.26. The minimum absolute atomic E-state index is 0.210. The number of carbonyl (C=O) groups excluding carboxylic acids is 1. The highest BCUT2D eigenvalue weighted by atomic mass is 32.2. The molecule has 1 aromatic heterocycles. The van der Waals surface area contributed by atoms with Gasteiger partial charge in [0.15, 0.2) is 0 Å². The third-order valence-corrected chi connectivity index (χ3v) is 3.78. The molecular formula is C13H8FN3OS2. The number of benzene rings is 1. The summed E-state index contributed by atoms with van der Waals surface area (Å²) in [5.41, 5.74) is 1.37. The van der Waals surface area contributed by atoms with E-state index >= 15 is 0 Å². The first-order valence-corrected chi connectivity index (χ1v) is 6.90. The van der Waals surface area contributed by atoms with Gasteiger partial charge in [0.2, 0.25) is 0 Å². The molecule has 100 valence electrons. The Morgan fingerprint density at radius 2 is 2.30 bits per heavy atom. The van der Waals surface area contributed by atoms with Gasteiger partial charge < -0.3 is 5.32 Å². The highest BCUT2D eigenvalue weighted by Crippen LogP contribution is 2.25. The molecule has 1 fully saturated rings. The number of amides is 1. The van der Waals surface area contributed by atoms with Crippen LogP contribution >= 0.6 is 24.0 Å². The van der Waals surface area contributed by atoms with Gasteiger partial charge in [0.05, 0.1) is 16.8 Å². The molecule has 0 atom stereocenters. The second-order valence-electron chi connectivity index (χ2n) is 4.05. The number of hydrogen-bond acceptors (Lipinski definition) is 4. The molecule has 1 N–H and O–H groups in total. The molecule has 2 heterocycles. The first kappa shape index (κ1) is 13.0. The number of carbonyl (C=O) groups is 1. The van der Waals surface area contributed by atoms with E-state index in [1.807, 2.05) is 0 Å². The Bertz CT molecular complexity index is 739. The Morgan fingerprint density at radius 3 is 3.00 bits per heavy atom. The second kappa shape index (κ2) is 5.18. The van der Waals surface area contributed by atoms with E-state index in [2.05, 4.69) is 10.4 Å². The van der Waals surface area contributed by atoms with E-state index in [-0.39, 0.29) is 11.7 Å². The topological polar surface area (TPSA) is 46.9 Å². The lowest BCUT2D eigenvalue weighted by Crippen LogP contribution is -2.17. The van der Waals surface area contributed by atoms with E-state index in [9.17, 15) is 9.18 Å². The van der Waals surface area contributed by atoms with Gasteiger partial charge in [0.25, 0.3) is 5.91 Å². The van der Waals surface area contributed by atoms with Crippen LogP contribution in [0.5, 0.6) is 0 Å². The van der Waals surface area contributed by atoms with Crippen LogP contribution in [0.3, 0.4) is 0 Å². The fourth-order valence-electron chi connectivity index (χ4n) is 1.74. The van der Waals surface area contributed by atoms with Gasteiger partial charge in [0.1, 0.15) is 10.1 Å². The largest absolute Gasteiger partial charge is 0.307 e. The Balaban J connectivity index is 1.89. The summed E-state index contributed by atoms with van der Waals surface area (Å²) in [5.74, 6) is -0.535. The molecule has 1 aliphatic heterocycles. The molecule has 0 aliphatic carbocycles. The van der Waals surface area contributed by atoms with Crippen molar-refractivity contribution in [2.24, 2.45) is 0 Å². The first-order valence-electron chi connectivity index (χ1n) is 5.67. The third-order valence-electron chi connectivity index (χ3n) is 2.62. The molecule has 1 aromatic carbocycles. The number of thioether (sulfide) groups is 1. The lowest BCUT2D eigenvalue weighted by Gasteiger charge is -1.99. The Kier molecular flexibility index (Phi) is 3.37. The molecule has 20 heavy (non-hydrogen) atoms. The maximum atomic E-state index is 13.2. The first-order chi connectivity index (χ1) is 9.61. The van der Waals surface area contributed by atoms with E-state index < -0.39 is 0 Å². The molecule has 0 saturated carbocycles. The number of halogens is 1. The zero-order valence-corrected chi connectivity index (χ0v) is 11.7. The summed E-state index contributed by atoms with van der Waals surface area (Å²) in [6.07, 6.45) is 5.02. The molecule has 0 unspecified atom stereocenters. The second-order valence-corrected chi connectivity index (χ2v) is 5.77. The lowest BCUT2D eigenvalue weighted by atomic mass is 10.3. The monoisotopic (exact) mass is 305 g/mol. The van der Waals surface area contributed by atoms with Gasteiger partial charge >= 0.3 is 0 Å². The summed E-state index contributed by atoms with van der Waals surface area (Å²) < 4.78 is 15.1. The predicted octanol–water partition coefficient (Wildman–Crippen LogP) is 2.50. The van der Waals surface area contributed by atoms with Crippen molar-refractivity contribution in [3.63, 3.8) is 0 Å². The van der Waals surface area contributed by atoms with Gasteiger partial charge in [-0.05, 0) is 24.3 Å². The zero-order chi connectivity index (χ0) is 14.1. The fraction of sp³-hybridized carbons (Fsp3) is 0. The fourth-order valence-corrected chi connectivity index (χ4v) is 2.79. The van der Waals surface area contributed by atoms with Crippen molar-refractivity contribution in [3.8, 4) is 5.69 Å². The van der Waals surface area contributed by atoms with Crippen molar-refractivity contribution in [1.29, 1.82) is 0 Å². The van der Waals surface area contributed by atoms with E-state index in [1.165, 1.54) is 23.9 Å². The van der Waals surface area contributed by atoms with Crippen molar-refractivity contribution < 1.29 is 9.18 Å². The van der Waals surface area contributed by atoms with Gasteiger partial charge in [-0.1, -0.05) is 30.0 Å². The quantitative estimate of drug-likeness (QED) is 0.684. The zero-order valence-electron chi connectivity index (χ0n) is 10.0. The van der Waals surface area contributed by atoms with Crippen LogP contribution in [0.15, 0.2) is 41.6 Å². The van der Waals surface area contributed by atoms with Gasteiger partial charge in [-0.25, -0.2) is 9.07 Å². The molecule has 2 aromatic rings. The van der Waals surface area contributed by atoms with Crippen LogP contribution < -0.4 is 5.32 Å². The summed E-state index contributed by atoms with van der Waals surface area (Å²) in [5, 5.41) is 6.69. The van der Waals surface area contributed by atoms with Gasteiger partial charge in [-0.15, -0.1) is 0 Å². The summed E-state index contributed by atoms with van der Waals surface area (Å²) in [7, 11) is 0. The van der Waals surface area contributed by atoms with Gasteiger partial charge in [-0.2, -0.15) is 5.10 Å². The Labute approximate surface area is 123 Å². The van der Waals surface area contributed by atoms with E-state index in [0.717, 1.165) is 5.56 Å². The normalized spacial score (nSPS) is 16.8. The molecule has 0 spiro atoms. The van der Waals surface area contributed by atoms with Crippen molar-refractivity contribution in [2.45, 2.75) is 0 Å². The smallest absolute Gasteiger partial charge is 0.263 e. The predicted molar refractivity (Wildman–Crippen MR) is 79.8 cm³/mol. The number of rotatable bonds is 2. The molecule has 7 heteroatoms. The molecule has 1 amide bonds. The van der Waals surface area contributed by atoms with Crippen molar-refractivity contribution >= 4 is 40.3 Å². The standard InChI is InChI=1S/C13H8FN3OS2/c14-9-2-1-3-10(5-9)17-7-8(6-15-17)4-11-12(18)16-13(19)20-11/h1-7H,(H,16,18,19)/b11-4-. The third kappa shape index (κ3) is 2.63. The molecule has 1 saturated heterocycles. The molecule has 0 bridgehead atoms. The minimum atomic E-state index is -0.325. The number of thiocarbonyl (C=S) groups is 1. The maximum Gasteiger partial charge on any atom is 0.263 e. The van der Waals surface area contributed by atoms with E-state index in [0.29, 0.717) is 14.9 Å². The minimum Gasteiger partial charge on any atom is -0.307 e. The summed E-state index contributed by atoms with van der Waals surface area (Å²) in [6, 6.07) is 6.12. The van der Waals surface area contributed by atoms with Crippen LogP contribution in [0.2, 0.25) is 0 Å². The van der Waals surface area contributed by atoms with Crippen LogP contribution in [0, 0.1) is 5.82 Å². The van der Waals surface area contributed by atoms with Crippen LogP contribution in [0.25, 0.3) is 11.8 Å². The van der Waals surface area contributed by atoms with Gasteiger partial charge in [0, 0.05) is 11.8 Å². The van der Waals surface area contributed by atoms with E-state index in [1.54, 1.807) is 35.3 Å². The summed E-state index contributed by atoms with van der Waals surface area (Å²) in [4.78, 5) is 12.1. The number of aromatic nitrogens is 2. The molecular weight excluding hydrogens is 297 g/mol. The lowest BCUT2D eigenvalue weighted by molar-refractivity contribution is -0.115. The highest BCUT2D eigenvalue weighted by Gasteiger charge is 2.22. The van der Waals surface area contributed by atoms with Crippen LogP contribution in [-0.2, 0) is 4.79 Å². The Morgan fingerprint density at radius 1 is 1.45 bits per heavy atom. The van der Waals surface area contributed by atoms with E-state index in [4.69, 9.17) is 12.2 Å². The maximum absolute atomic E-state index is 13.2. The number of nitrogens with zero attached hydrogens (tertiary/aromatic N) is 2. The number of hydrogen-bond donors (Lipinski definition) is 1. The van der Waals surface area contributed by atoms with Crippen LogP contribution in [-0.4, -0.2) is 20.0 Å². The number of nitrogens with one attached hydrogen (secondary N) is 1. The van der Waals surface area contributed by atoms with Crippen molar-refractivity contribution in [2.75, 3.05) is 0 Å². The molecule has 1 aliphatic rings. The average Bonchev–Trinajstić information content (AvgIpc) is 2.97. The van der Waals surface area contributed by atoms with Gasteiger partial charge in [-0.3, -0.25) is 4.79 Å². The van der Waals surface area contributed by atoms with Crippen LogP contribution in [0.1, 0.15) is 5.56 Å². The average molecular weight is 305 g/mol. The summed E-state index contributed by atoms with van der Waals surface area (Å²) in [6.45, 7) is 0. The van der Waals surface area contributed by atoms with Crippen molar-refractivity contribution in [1.82, 2.24) is 15.1 Å². The van der Waals surface area contributed by atoms with Crippen LogP contribution in [0.4, 0.5) is 4.39 Å².